The van der Waals surface area contributed by atoms with E-state index in [4.69, 9.17) is 4.74 Å². The third kappa shape index (κ3) is 2.18. The molecular weight excluding hydrogens is 218 g/mol. The predicted octanol–water partition coefficient (Wildman–Crippen LogP) is 1.66. The van der Waals surface area contributed by atoms with Crippen molar-refractivity contribution in [3.63, 3.8) is 0 Å². The fourth-order valence-corrected chi connectivity index (χ4v) is 1.58. The van der Waals surface area contributed by atoms with Crippen molar-refractivity contribution < 1.29 is 9.53 Å². The Bertz CT molecular complexity index is 520. The van der Waals surface area contributed by atoms with Gasteiger partial charge in [-0.1, -0.05) is 35.5 Å². The summed E-state index contributed by atoms with van der Waals surface area (Å²) < 4.78 is 6.42. The van der Waals surface area contributed by atoms with E-state index in [1.54, 1.807) is 14.0 Å². The molecule has 0 spiro atoms. The zero-order valence-corrected chi connectivity index (χ0v) is 9.75. The van der Waals surface area contributed by atoms with Gasteiger partial charge in [-0.2, -0.15) is 0 Å². The molecule has 17 heavy (non-hydrogen) atoms. The number of rotatable bonds is 3. The van der Waals surface area contributed by atoms with Gasteiger partial charge < -0.3 is 4.74 Å². The van der Waals surface area contributed by atoms with Crippen LogP contribution in [0.5, 0.6) is 0 Å². The Morgan fingerprint density at radius 2 is 2.06 bits per heavy atom. The van der Waals surface area contributed by atoms with Gasteiger partial charge in [0.05, 0.1) is 6.61 Å². The van der Waals surface area contributed by atoms with Crippen molar-refractivity contribution >= 4 is 5.97 Å². The zero-order chi connectivity index (χ0) is 12.3. The number of carbonyl (C=O) groups excluding carboxylic acids is 1. The molecule has 5 heteroatoms. The topological polar surface area (TPSA) is 57.0 Å². The zero-order valence-electron chi connectivity index (χ0n) is 9.75. The average molecular weight is 231 g/mol. The van der Waals surface area contributed by atoms with Crippen LogP contribution in [0.25, 0.3) is 11.3 Å². The van der Waals surface area contributed by atoms with Crippen molar-refractivity contribution in [1.82, 2.24) is 15.0 Å². The van der Waals surface area contributed by atoms with Crippen LogP contribution in [-0.2, 0) is 11.8 Å². The van der Waals surface area contributed by atoms with Gasteiger partial charge in [0, 0.05) is 12.6 Å². The number of nitrogens with zero attached hydrogens (tertiary/aromatic N) is 3. The third-order valence-electron chi connectivity index (χ3n) is 2.34. The normalized spacial score (nSPS) is 10.2. The molecule has 0 saturated carbocycles. The van der Waals surface area contributed by atoms with E-state index in [1.807, 2.05) is 30.3 Å². The van der Waals surface area contributed by atoms with E-state index in [0.29, 0.717) is 18.0 Å². The molecule has 1 aromatic carbocycles. The number of aryl methyl sites for hydroxylation is 1. The molecule has 0 aliphatic rings. The maximum absolute atomic E-state index is 11.8. The van der Waals surface area contributed by atoms with Gasteiger partial charge in [0.2, 0.25) is 0 Å². The largest absolute Gasteiger partial charge is 0.461 e. The smallest absolute Gasteiger partial charge is 0.358 e. The van der Waals surface area contributed by atoms with E-state index in [9.17, 15) is 4.79 Å². The molecule has 0 atom stereocenters. The Labute approximate surface area is 99.0 Å². The van der Waals surface area contributed by atoms with Crippen molar-refractivity contribution in [3.05, 3.63) is 36.0 Å². The first kappa shape index (κ1) is 11.3. The molecule has 1 aromatic heterocycles. The van der Waals surface area contributed by atoms with E-state index in [2.05, 4.69) is 10.3 Å². The molecular formula is C12H13N3O2. The Kier molecular flexibility index (Phi) is 3.18. The molecule has 5 nitrogen and oxygen atoms in total. The van der Waals surface area contributed by atoms with Crippen molar-refractivity contribution in [2.45, 2.75) is 6.92 Å². The molecule has 0 amide bonds. The standard InChI is InChI=1S/C12H13N3O2/c1-3-17-12(16)11-10(13-14-15(11)2)9-7-5-4-6-8-9/h4-8H,3H2,1-2H3. The molecule has 0 saturated heterocycles. The quantitative estimate of drug-likeness (QED) is 0.754. The van der Waals surface area contributed by atoms with Gasteiger partial charge >= 0.3 is 5.97 Å². The van der Waals surface area contributed by atoms with Crippen molar-refractivity contribution in [2.24, 2.45) is 7.05 Å². The summed E-state index contributed by atoms with van der Waals surface area (Å²) in [5.41, 5.74) is 1.77. The minimum Gasteiger partial charge on any atom is -0.461 e. The lowest BCUT2D eigenvalue weighted by atomic mass is 10.1. The number of ether oxygens (including phenoxy) is 1. The Morgan fingerprint density at radius 1 is 1.35 bits per heavy atom. The molecule has 0 N–H and O–H groups in total. The Balaban J connectivity index is 2.46. The van der Waals surface area contributed by atoms with E-state index in [0.717, 1.165) is 5.56 Å². The summed E-state index contributed by atoms with van der Waals surface area (Å²) in [6, 6.07) is 9.45. The maximum Gasteiger partial charge on any atom is 0.358 e. The maximum atomic E-state index is 11.8. The van der Waals surface area contributed by atoms with Crippen LogP contribution in [0.1, 0.15) is 17.4 Å². The van der Waals surface area contributed by atoms with Crippen LogP contribution in [0.4, 0.5) is 0 Å². The van der Waals surface area contributed by atoms with E-state index in [-0.39, 0.29) is 0 Å². The number of benzene rings is 1. The molecule has 0 aliphatic carbocycles. The summed E-state index contributed by atoms with van der Waals surface area (Å²) in [4.78, 5) is 11.8. The molecule has 2 aromatic rings. The fraction of sp³-hybridized carbons (Fsp3) is 0.250. The predicted molar refractivity (Wildman–Crippen MR) is 62.4 cm³/mol. The van der Waals surface area contributed by atoms with Crippen LogP contribution in [-0.4, -0.2) is 27.6 Å². The second-order valence-corrected chi connectivity index (χ2v) is 3.50. The minimum atomic E-state index is -0.404. The highest BCUT2D eigenvalue weighted by atomic mass is 16.5. The number of hydrogen-bond acceptors (Lipinski definition) is 4. The average Bonchev–Trinajstić information content (AvgIpc) is 2.73. The van der Waals surface area contributed by atoms with Crippen LogP contribution in [0.3, 0.4) is 0 Å². The van der Waals surface area contributed by atoms with Crippen LogP contribution in [0.15, 0.2) is 30.3 Å². The highest BCUT2D eigenvalue weighted by Gasteiger charge is 2.20. The monoisotopic (exact) mass is 231 g/mol. The Hall–Kier alpha value is -2.17. The summed E-state index contributed by atoms with van der Waals surface area (Å²) in [7, 11) is 1.67. The summed E-state index contributed by atoms with van der Waals surface area (Å²) in [6.07, 6.45) is 0. The molecule has 2 rings (SSSR count). The van der Waals surface area contributed by atoms with Crippen LogP contribution < -0.4 is 0 Å². The Morgan fingerprint density at radius 3 is 2.71 bits per heavy atom. The van der Waals surface area contributed by atoms with Gasteiger partial charge in [0.25, 0.3) is 0 Å². The summed E-state index contributed by atoms with van der Waals surface area (Å²) >= 11 is 0. The van der Waals surface area contributed by atoms with E-state index in [1.165, 1.54) is 4.68 Å². The molecule has 0 radical (unpaired) electrons. The summed E-state index contributed by atoms with van der Waals surface area (Å²) in [5.74, 6) is -0.404. The lowest BCUT2D eigenvalue weighted by Crippen LogP contribution is -2.11. The van der Waals surface area contributed by atoms with Crippen molar-refractivity contribution in [1.29, 1.82) is 0 Å². The first-order chi connectivity index (χ1) is 8.24. The highest BCUT2D eigenvalue weighted by molar-refractivity contribution is 5.94. The van der Waals surface area contributed by atoms with Gasteiger partial charge in [-0.15, -0.1) is 5.10 Å². The van der Waals surface area contributed by atoms with Crippen LogP contribution >= 0.6 is 0 Å². The van der Waals surface area contributed by atoms with Gasteiger partial charge in [0.1, 0.15) is 5.69 Å². The molecule has 0 fully saturated rings. The molecule has 0 aliphatic heterocycles. The van der Waals surface area contributed by atoms with Crippen LogP contribution in [0.2, 0.25) is 0 Å². The van der Waals surface area contributed by atoms with Crippen molar-refractivity contribution in [2.75, 3.05) is 6.61 Å². The number of aromatic nitrogens is 3. The molecule has 0 unspecified atom stereocenters. The van der Waals surface area contributed by atoms with E-state index >= 15 is 0 Å². The SMILES string of the molecule is CCOC(=O)c1c(-c2ccccc2)nnn1C. The van der Waals surface area contributed by atoms with Crippen LogP contribution in [0, 0.1) is 0 Å². The van der Waals surface area contributed by atoms with Gasteiger partial charge in [0.15, 0.2) is 5.69 Å². The van der Waals surface area contributed by atoms with Crippen molar-refractivity contribution in [3.8, 4) is 11.3 Å². The second kappa shape index (κ2) is 4.78. The minimum absolute atomic E-state index is 0.332. The number of esters is 1. The second-order valence-electron chi connectivity index (χ2n) is 3.50. The molecule has 0 bridgehead atoms. The lowest BCUT2D eigenvalue weighted by molar-refractivity contribution is 0.0514. The fourth-order valence-electron chi connectivity index (χ4n) is 1.58. The van der Waals surface area contributed by atoms with Gasteiger partial charge in [-0.05, 0) is 6.92 Å². The first-order valence-electron chi connectivity index (χ1n) is 5.36. The molecule has 1 heterocycles. The summed E-state index contributed by atoms with van der Waals surface area (Å²) in [6.45, 7) is 2.10. The third-order valence-corrected chi connectivity index (χ3v) is 2.34. The highest BCUT2D eigenvalue weighted by Crippen LogP contribution is 2.20. The molecule has 88 valence electrons. The van der Waals surface area contributed by atoms with Gasteiger partial charge in [-0.3, -0.25) is 0 Å². The first-order valence-corrected chi connectivity index (χ1v) is 5.36. The van der Waals surface area contributed by atoms with E-state index < -0.39 is 5.97 Å². The number of hydrogen-bond donors (Lipinski definition) is 0. The summed E-state index contributed by atoms with van der Waals surface area (Å²) in [5, 5.41) is 7.86. The lowest BCUT2D eigenvalue weighted by Gasteiger charge is -2.03. The van der Waals surface area contributed by atoms with Gasteiger partial charge in [-0.25, -0.2) is 9.48 Å². The number of carbonyl (C=O) groups is 1.